The third-order valence-corrected chi connectivity index (χ3v) is 2.46. The van der Waals surface area contributed by atoms with Gasteiger partial charge in [0.25, 0.3) is 6.43 Å². The standard InChI is InChI=1S/C8H6F2INO2/c1-3-6(8(13)14)4(11)2-5(12-3)7(9)10/h2,7H,1H3,(H,13,14). The number of halogens is 3. The van der Waals surface area contributed by atoms with E-state index >= 15 is 0 Å². The Morgan fingerprint density at radius 1 is 1.64 bits per heavy atom. The van der Waals surface area contributed by atoms with Crippen molar-refractivity contribution >= 4 is 28.6 Å². The summed E-state index contributed by atoms with van der Waals surface area (Å²) in [5, 5.41) is 8.74. The van der Waals surface area contributed by atoms with Gasteiger partial charge in [-0.25, -0.2) is 13.6 Å². The second-order valence-electron chi connectivity index (χ2n) is 2.60. The predicted molar refractivity (Wildman–Crippen MR) is 53.6 cm³/mol. The molecule has 76 valence electrons. The maximum Gasteiger partial charge on any atom is 0.338 e. The number of pyridine rings is 1. The van der Waals surface area contributed by atoms with Crippen LogP contribution in [0.25, 0.3) is 0 Å². The maximum absolute atomic E-state index is 12.2. The molecule has 0 aliphatic heterocycles. The Balaban J connectivity index is 3.32. The number of hydrogen-bond acceptors (Lipinski definition) is 2. The summed E-state index contributed by atoms with van der Waals surface area (Å²) < 4.78 is 24.8. The van der Waals surface area contributed by atoms with Crippen molar-refractivity contribution in [1.29, 1.82) is 0 Å². The highest BCUT2D eigenvalue weighted by Crippen LogP contribution is 2.22. The van der Waals surface area contributed by atoms with Gasteiger partial charge in [0.1, 0.15) is 5.69 Å². The topological polar surface area (TPSA) is 50.2 Å². The first-order chi connectivity index (χ1) is 6.43. The molecule has 0 atom stereocenters. The van der Waals surface area contributed by atoms with Crippen LogP contribution in [0.3, 0.4) is 0 Å². The van der Waals surface area contributed by atoms with E-state index in [0.717, 1.165) is 6.07 Å². The molecule has 0 saturated heterocycles. The Morgan fingerprint density at radius 2 is 2.21 bits per heavy atom. The zero-order valence-electron chi connectivity index (χ0n) is 7.09. The van der Waals surface area contributed by atoms with Gasteiger partial charge in [0.05, 0.1) is 11.3 Å². The van der Waals surface area contributed by atoms with Crippen LogP contribution >= 0.6 is 22.6 Å². The van der Waals surface area contributed by atoms with Crippen molar-refractivity contribution in [3.63, 3.8) is 0 Å². The maximum atomic E-state index is 12.2. The molecule has 0 aliphatic carbocycles. The number of carboxylic acids is 1. The molecule has 0 bridgehead atoms. The molecule has 14 heavy (non-hydrogen) atoms. The lowest BCUT2D eigenvalue weighted by molar-refractivity contribution is 0.0693. The molecule has 1 N–H and O–H groups in total. The monoisotopic (exact) mass is 313 g/mol. The minimum Gasteiger partial charge on any atom is -0.478 e. The highest BCUT2D eigenvalue weighted by Gasteiger charge is 2.17. The second-order valence-corrected chi connectivity index (χ2v) is 3.76. The van der Waals surface area contributed by atoms with Gasteiger partial charge in [0.2, 0.25) is 0 Å². The van der Waals surface area contributed by atoms with Crippen molar-refractivity contribution in [2.24, 2.45) is 0 Å². The predicted octanol–water partition coefficient (Wildman–Crippen LogP) is 2.63. The van der Waals surface area contributed by atoms with E-state index in [2.05, 4.69) is 4.98 Å². The van der Waals surface area contributed by atoms with E-state index in [1.54, 1.807) is 22.6 Å². The highest BCUT2D eigenvalue weighted by atomic mass is 127. The molecule has 0 fully saturated rings. The van der Waals surface area contributed by atoms with Crippen LogP contribution in [0.2, 0.25) is 0 Å². The van der Waals surface area contributed by atoms with E-state index in [1.807, 2.05) is 0 Å². The van der Waals surface area contributed by atoms with Gasteiger partial charge in [-0.15, -0.1) is 0 Å². The molecule has 0 radical (unpaired) electrons. The van der Waals surface area contributed by atoms with E-state index in [0.29, 0.717) is 0 Å². The van der Waals surface area contributed by atoms with Crippen LogP contribution in [0.1, 0.15) is 28.2 Å². The Hall–Kier alpha value is -0.790. The first-order valence-electron chi connectivity index (χ1n) is 3.62. The number of alkyl halides is 2. The van der Waals surface area contributed by atoms with Crippen LogP contribution in [0.5, 0.6) is 0 Å². The highest BCUT2D eigenvalue weighted by molar-refractivity contribution is 14.1. The number of aromatic carboxylic acids is 1. The number of carboxylic acid groups (broad SMARTS) is 1. The van der Waals surface area contributed by atoms with E-state index in [9.17, 15) is 13.6 Å². The fraction of sp³-hybridized carbons (Fsp3) is 0.250. The lowest BCUT2D eigenvalue weighted by atomic mass is 10.2. The Labute approximate surface area is 92.3 Å². The van der Waals surface area contributed by atoms with E-state index < -0.39 is 18.1 Å². The summed E-state index contributed by atoms with van der Waals surface area (Å²) in [6.45, 7) is 1.40. The van der Waals surface area contributed by atoms with Crippen LogP contribution in [0.4, 0.5) is 8.78 Å². The molecular formula is C8H6F2INO2. The van der Waals surface area contributed by atoms with Crippen LogP contribution in [0, 0.1) is 10.5 Å². The van der Waals surface area contributed by atoms with Gasteiger partial charge < -0.3 is 5.11 Å². The third kappa shape index (κ3) is 2.17. The van der Waals surface area contributed by atoms with Crippen LogP contribution in [-0.2, 0) is 0 Å². The minimum absolute atomic E-state index is 0.0185. The quantitative estimate of drug-likeness (QED) is 0.854. The number of carbonyl (C=O) groups is 1. The third-order valence-electron chi connectivity index (χ3n) is 1.61. The van der Waals surface area contributed by atoms with Gasteiger partial charge in [-0.2, -0.15) is 0 Å². The lowest BCUT2D eigenvalue weighted by Crippen LogP contribution is -2.07. The van der Waals surface area contributed by atoms with E-state index in [4.69, 9.17) is 5.11 Å². The summed E-state index contributed by atoms with van der Waals surface area (Å²) in [5.41, 5.74) is -0.299. The molecule has 1 heterocycles. The number of hydrogen-bond donors (Lipinski definition) is 1. The largest absolute Gasteiger partial charge is 0.478 e. The number of rotatable bonds is 2. The van der Waals surface area contributed by atoms with Gasteiger partial charge in [-0.05, 0) is 35.6 Å². The van der Waals surface area contributed by atoms with E-state index in [1.165, 1.54) is 6.92 Å². The van der Waals surface area contributed by atoms with Crippen molar-refractivity contribution in [1.82, 2.24) is 4.98 Å². The fourth-order valence-electron chi connectivity index (χ4n) is 1.03. The van der Waals surface area contributed by atoms with Crippen LogP contribution in [0.15, 0.2) is 6.07 Å². The van der Waals surface area contributed by atoms with Crippen LogP contribution < -0.4 is 0 Å². The molecule has 1 rings (SSSR count). The molecule has 0 aromatic carbocycles. The van der Waals surface area contributed by atoms with E-state index in [-0.39, 0.29) is 14.8 Å². The number of aromatic nitrogens is 1. The summed E-state index contributed by atoms with van der Waals surface area (Å²) in [5.74, 6) is -1.15. The zero-order valence-corrected chi connectivity index (χ0v) is 9.25. The molecule has 1 aromatic heterocycles. The summed E-state index contributed by atoms with van der Waals surface area (Å²) >= 11 is 1.71. The van der Waals surface area contributed by atoms with Gasteiger partial charge in [-0.1, -0.05) is 0 Å². The molecule has 0 aliphatic rings. The van der Waals surface area contributed by atoms with Crippen molar-refractivity contribution in [2.75, 3.05) is 0 Å². The normalized spacial score (nSPS) is 10.6. The molecule has 0 spiro atoms. The molecule has 0 unspecified atom stereocenters. The number of nitrogens with zero attached hydrogens (tertiary/aromatic N) is 1. The van der Waals surface area contributed by atoms with Crippen LogP contribution in [-0.4, -0.2) is 16.1 Å². The van der Waals surface area contributed by atoms with Crippen molar-refractivity contribution < 1.29 is 18.7 Å². The minimum atomic E-state index is -2.68. The molecule has 0 saturated carbocycles. The van der Waals surface area contributed by atoms with Gasteiger partial charge in [-0.3, -0.25) is 4.98 Å². The molecule has 0 amide bonds. The number of aryl methyl sites for hydroxylation is 1. The summed E-state index contributed by atoms with van der Waals surface area (Å²) in [7, 11) is 0. The molecule has 1 aromatic rings. The van der Waals surface area contributed by atoms with Crippen molar-refractivity contribution in [3.8, 4) is 0 Å². The average molecular weight is 313 g/mol. The Kier molecular flexibility index (Phi) is 3.35. The molecule has 3 nitrogen and oxygen atoms in total. The molecular weight excluding hydrogens is 307 g/mol. The van der Waals surface area contributed by atoms with Gasteiger partial charge in [0.15, 0.2) is 0 Å². The first-order valence-corrected chi connectivity index (χ1v) is 4.70. The van der Waals surface area contributed by atoms with Crippen molar-refractivity contribution in [3.05, 3.63) is 26.6 Å². The Bertz CT molecular complexity index is 359. The smallest absolute Gasteiger partial charge is 0.338 e. The zero-order chi connectivity index (χ0) is 10.9. The van der Waals surface area contributed by atoms with Gasteiger partial charge >= 0.3 is 5.97 Å². The second kappa shape index (κ2) is 4.16. The Morgan fingerprint density at radius 3 is 2.57 bits per heavy atom. The van der Waals surface area contributed by atoms with Crippen molar-refractivity contribution in [2.45, 2.75) is 13.3 Å². The average Bonchev–Trinajstić information content (AvgIpc) is 2.01. The molecule has 6 heteroatoms. The lowest BCUT2D eigenvalue weighted by Gasteiger charge is -2.06. The summed E-state index contributed by atoms with van der Waals surface area (Å²) in [4.78, 5) is 14.2. The fourth-order valence-corrected chi connectivity index (χ4v) is 1.97. The summed E-state index contributed by atoms with van der Waals surface area (Å²) in [6.07, 6.45) is -2.68. The SMILES string of the molecule is Cc1nc(C(F)F)cc(I)c1C(=O)O. The van der Waals surface area contributed by atoms with Gasteiger partial charge in [0, 0.05) is 3.57 Å². The first kappa shape index (κ1) is 11.3. The summed E-state index contributed by atoms with van der Waals surface area (Å²) in [6, 6.07) is 1.08.